The van der Waals surface area contributed by atoms with Gasteiger partial charge in [-0.3, -0.25) is 4.79 Å². The Labute approximate surface area is 78.0 Å². The molecular weight excluding hydrogens is 166 g/mol. The first-order valence-corrected chi connectivity index (χ1v) is 4.49. The smallest absolute Gasteiger partial charge is 0.250 e. The van der Waals surface area contributed by atoms with Crippen molar-refractivity contribution in [3.05, 3.63) is 34.2 Å². The third kappa shape index (κ3) is 3.03. The van der Waals surface area contributed by atoms with Crippen LogP contribution in [0.15, 0.2) is 23.1 Å². The molecule has 13 heavy (non-hydrogen) atoms. The van der Waals surface area contributed by atoms with Gasteiger partial charge in [-0.15, -0.1) is 0 Å². The van der Waals surface area contributed by atoms with E-state index < -0.39 is 0 Å². The second kappa shape index (κ2) is 4.82. The van der Waals surface area contributed by atoms with Crippen molar-refractivity contribution in [2.75, 3.05) is 13.2 Å². The number of aromatic nitrogens is 1. The quantitative estimate of drug-likeness (QED) is 0.653. The van der Waals surface area contributed by atoms with Crippen LogP contribution >= 0.6 is 0 Å². The molecule has 1 aromatic rings. The molecule has 0 spiro atoms. The average Bonchev–Trinajstić information content (AvgIpc) is 2.09. The normalized spacial score (nSPS) is 10.3. The van der Waals surface area contributed by atoms with Gasteiger partial charge in [0.15, 0.2) is 0 Å². The molecule has 0 aliphatic heterocycles. The second-order valence-electron chi connectivity index (χ2n) is 2.93. The molecule has 0 aromatic carbocycles. The van der Waals surface area contributed by atoms with E-state index in [-0.39, 0.29) is 5.56 Å². The second-order valence-corrected chi connectivity index (χ2v) is 2.93. The van der Waals surface area contributed by atoms with Crippen LogP contribution in [0.4, 0.5) is 0 Å². The van der Waals surface area contributed by atoms with Crippen LogP contribution in [0, 0.1) is 6.92 Å². The summed E-state index contributed by atoms with van der Waals surface area (Å²) in [5.41, 5.74) is 1.04. The van der Waals surface area contributed by atoms with Gasteiger partial charge in [0.1, 0.15) is 0 Å². The predicted molar refractivity (Wildman–Crippen MR) is 51.9 cm³/mol. The van der Waals surface area contributed by atoms with E-state index in [1.807, 2.05) is 19.9 Å². The maximum atomic E-state index is 11.3. The van der Waals surface area contributed by atoms with Crippen LogP contribution in [0.3, 0.4) is 0 Å². The van der Waals surface area contributed by atoms with Gasteiger partial charge in [-0.25, -0.2) is 0 Å². The van der Waals surface area contributed by atoms with Crippen molar-refractivity contribution in [2.24, 2.45) is 0 Å². The Balaban J connectivity index is 2.62. The maximum absolute atomic E-state index is 11.3. The standard InChI is InChI=1S/C10H15NO2/c1-3-13-7-6-11-5-4-9(2)8-10(11)12/h4-5,8H,3,6-7H2,1-2H3. The minimum absolute atomic E-state index is 0.0414. The van der Waals surface area contributed by atoms with E-state index in [0.29, 0.717) is 19.8 Å². The van der Waals surface area contributed by atoms with E-state index in [1.165, 1.54) is 0 Å². The summed E-state index contributed by atoms with van der Waals surface area (Å²) in [6.07, 6.45) is 1.80. The molecule has 1 rings (SSSR count). The Kier molecular flexibility index (Phi) is 3.71. The predicted octanol–water partition coefficient (Wildman–Crippen LogP) is 1.19. The summed E-state index contributed by atoms with van der Waals surface area (Å²) in [4.78, 5) is 11.3. The Morgan fingerprint density at radius 1 is 1.54 bits per heavy atom. The minimum Gasteiger partial charge on any atom is -0.380 e. The SMILES string of the molecule is CCOCCn1ccc(C)cc1=O. The molecule has 3 heteroatoms. The summed E-state index contributed by atoms with van der Waals surface area (Å²) in [5, 5.41) is 0. The topological polar surface area (TPSA) is 31.2 Å². The number of ether oxygens (including phenoxy) is 1. The Morgan fingerprint density at radius 2 is 2.31 bits per heavy atom. The summed E-state index contributed by atoms with van der Waals surface area (Å²) in [6, 6.07) is 3.55. The van der Waals surface area contributed by atoms with Gasteiger partial charge in [0.2, 0.25) is 0 Å². The van der Waals surface area contributed by atoms with E-state index in [9.17, 15) is 4.79 Å². The molecule has 72 valence electrons. The van der Waals surface area contributed by atoms with Gasteiger partial charge < -0.3 is 9.30 Å². The van der Waals surface area contributed by atoms with E-state index in [0.717, 1.165) is 5.56 Å². The van der Waals surface area contributed by atoms with Gasteiger partial charge in [0.25, 0.3) is 5.56 Å². The Bertz CT molecular complexity index is 317. The third-order valence-corrected chi connectivity index (χ3v) is 1.83. The molecule has 0 saturated carbocycles. The van der Waals surface area contributed by atoms with Crippen LogP contribution in [-0.2, 0) is 11.3 Å². The number of hydrogen-bond donors (Lipinski definition) is 0. The highest BCUT2D eigenvalue weighted by molar-refractivity contribution is 5.07. The van der Waals surface area contributed by atoms with Crippen molar-refractivity contribution in [1.82, 2.24) is 4.57 Å². The van der Waals surface area contributed by atoms with Crippen molar-refractivity contribution in [3.8, 4) is 0 Å². The number of hydrogen-bond acceptors (Lipinski definition) is 2. The summed E-state index contributed by atoms with van der Waals surface area (Å²) in [5.74, 6) is 0. The Hall–Kier alpha value is -1.09. The summed E-state index contributed by atoms with van der Waals surface area (Å²) in [7, 11) is 0. The van der Waals surface area contributed by atoms with E-state index >= 15 is 0 Å². The molecule has 0 aliphatic rings. The van der Waals surface area contributed by atoms with Gasteiger partial charge in [-0.2, -0.15) is 0 Å². The lowest BCUT2D eigenvalue weighted by Crippen LogP contribution is -2.21. The van der Waals surface area contributed by atoms with Gasteiger partial charge in [-0.1, -0.05) is 0 Å². The van der Waals surface area contributed by atoms with Crippen LogP contribution in [0.25, 0.3) is 0 Å². The van der Waals surface area contributed by atoms with Crippen molar-refractivity contribution < 1.29 is 4.74 Å². The van der Waals surface area contributed by atoms with Crippen molar-refractivity contribution in [2.45, 2.75) is 20.4 Å². The molecule has 1 heterocycles. The minimum atomic E-state index is 0.0414. The van der Waals surface area contributed by atoms with Crippen LogP contribution in [0.1, 0.15) is 12.5 Å². The maximum Gasteiger partial charge on any atom is 0.250 e. The molecule has 3 nitrogen and oxygen atoms in total. The van der Waals surface area contributed by atoms with Gasteiger partial charge in [0.05, 0.1) is 6.61 Å². The number of nitrogens with zero attached hydrogens (tertiary/aromatic N) is 1. The highest BCUT2D eigenvalue weighted by atomic mass is 16.5. The zero-order chi connectivity index (χ0) is 9.68. The fourth-order valence-electron chi connectivity index (χ4n) is 1.10. The van der Waals surface area contributed by atoms with Gasteiger partial charge in [0, 0.05) is 25.4 Å². The zero-order valence-corrected chi connectivity index (χ0v) is 8.12. The van der Waals surface area contributed by atoms with E-state index in [1.54, 1.807) is 16.8 Å². The third-order valence-electron chi connectivity index (χ3n) is 1.83. The molecular formula is C10H15NO2. The first kappa shape index (κ1) is 9.99. The summed E-state index contributed by atoms with van der Waals surface area (Å²) >= 11 is 0. The van der Waals surface area contributed by atoms with Gasteiger partial charge in [-0.05, 0) is 25.5 Å². The molecule has 0 radical (unpaired) electrons. The lowest BCUT2D eigenvalue weighted by atomic mass is 10.3. The van der Waals surface area contributed by atoms with Crippen molar-refractivity contribution in [3.63, 3.8) is 0 Å². The fraction of sp³-hybridized carbons (Fsp3) is 0.500. The number of aryl methyl sites for hydroxylation is 1. The monoisotopic (exact) mass is 181 g/mol. The molecule has 0 N–H and O–H groups in total. The van der Waals surface area contributed by atoms with Crippen LogP contribution in [0.5, 0.6) is 0 Å². The van der Waals surface area contributed by atoms with Crippen LogP contribution < -0.4 is 5.56 Å². The van der Waals surface area contributed by atoms with Crippen LogP contribution in [0.2, 0.25) is 0 Å². The van der Waals surface area contributed by atoms with E-state index in [2.05, 4.69) is 0 Å². The number of rotatable bonds is 4. The number of pyridine rings is 1. The molecule has 0 saturated heterocycles. The molecule has 0 fully saturated rings. The fourth-order valence-corrected chi connectivity index (χ4v) is 1.10. The molecule has 0 bridgehead atoms. The molecule has 0 atom stereocenters. The summed E-state index contributed by atoms with van der Waals surface area (Å²) in [6.45, 7) is 5.78. The summed E-state index contributed by atoms with van der Waals surface area (Å²) < 4.78 is 6.82. The Morgan fingerprint density at radius 3 is 2.92 bits per heavy atom. The van der Waals surface area contributed by atoms with Gasteiger partial charge >= 0.3 is 0 Å². The average molecular weight is 181 g/mol. The molecule has 0 amide bonds. The lowest BCUT2D eigenvalue weighted by Gasteiger charge is -2.05. The zero-order valence-electron chi connectivity index (χ0n) is 8.12. The largest absolute Gasteiger partial charge is 0.380 e. The van der Waals surface area contributed by atoms with Crippen molar-refractivity contribution in [1.29, 1.82) is 0 Å². The first-order valence-electron chi connectivity index (χ1n) is 4.49. The van der Waals surface area contributed by atoms with Crippen LogP contribution in [-0.4, -0.2) is 17.8 Å². The van der Waals surface area contributed by atoms with E-state index in [4.69, 9.17) is 4.74 Å². The van der Waals surface area contributed by atoms with Crippen molar-refractivity contribution >= 4 is 0 Å². The molecule has 0 aliphatic carbocycles. The molecule has 1 aromatic heterocycles. The lowest BCUT2D eigenvalue weighted by molar-refractivity contribution is 0.138. The molecule has 0 unspecified atom stereocenters. The highest BCUT2D eigenvalue weighted by Gasteiger charge is 1.94. The highest BCUT2D eigenvalue weighted by Crippen LogP contribution is 1.90. The first-order chi connectivity index (χ1) is 6.24.